The Morgan fingerprint density at radius 3 is 1.24 bits per heavy atom. The molecule has 0 atom stereocenters. The first-order valence-electron chi connectivity index (χ1n) is 12.7. The highest BCUT2D eigenvalue weighted by Crippen LogP contribution is 2.19. The molecule has 2 heterocycles. The van der Waals surface area contributed by atoms with Crippen molar-refractivity contribution in [2.45, 2.75) is 0 Å². The van der Waals surface area contributed by atoms with Crippen molar-refractivity contribution in [3.63, 3.8) is 0 Å². The molecule has 20 nitrogen and oxygen atoms in total. The van der Waals surface area contributed by atoms with Gasteiger partial charge in [-0.15, -0.1) is 19.5 Å². The summed E-state index contributed by atoms with van der Waals surface area (Å²) in [6.45, 7) is 0.186. The lowest BCUT2D eigenvalue weighted by Crippen LogP contribution is -2.53. The summed E-state index contributed by atoms with van der Waals surface area (Å²) in [6, 6.07) is 6.91. The SMILES string of the molecule is O=C(O)c1cc(NN(NCCNN(Nc2cc(C(=O)O)cc(C(=O)O)c2)C2=CC=NN(Cl)N2)C2=CC=NN(Cl)N2)cc(C(=O)O)c1. The first kappa shape index (κ1) is 32.9. The highest BCUT2D eigenvalue weighted by molar-refractivity contribution is 6.13. The smallest absolute Gasteiger partial charge is 0.335 e. The third-order valence-corrected chi connectivity index (χ3v) is 6.04. The van der Waals surface area contributed by atoms with Crippen LogP contribution in [-0.4, -0.2) is 89.3 Å². The number of carboxylic acid groups (broad SMARTS) is 4. The molecule has 4 rings (SSSR count). The maximum atomic E-state index is 11.6. The van der Waals surface area contributed by atoms with Crippen molar-refractivity contribution in [2.75, 3.05) is 23.9 Å². The lowest BCUT2D eigenvalue weighted by Gasteiger charge is -2.33. The van der Waals surface area contributed by atoms with E-state index in [1.54, 1.807) is 0 Å². The summed E-state index contributed by atoms with van der Waals surface area (Å²) >= 11 is 11.9. The number of halogens is 2. The molecule has 0 radical (unpaired) electrons. The number of aromatic carboxylic acids is 4. The highest BCUT2D eigenvalue weighted by Gasteiger charge is 2.19. The van der Waals surface area contributed by atoms with Gasteiger partial charge in [0.15, 0.2) is 11.6 Å². The fourth-order valence-corrected chi connectivity index (χ4v) is 4.01. The van der Waals surface area contributed by atoms with Gasteiger partial charge in [0.05, 0.1) is 69.6 Å². The van der Waals surface area contributed by atoms with Crippen LogP contribution in [-0.2, 0) is 0 Å². The Morgan fingerprint density at radius 2 is 0.957 bits per heavy atom. The second kappa shape index (κ2) is 14.7. The van der Waals surface area contributed by atoms with Crippen LogP contribution in [0.2, 0.25) is 0 Å². The number of benzene rings is 2. The largest absolute Gasteiger partial charge is 0.478 e. The minimum atomic E-state index is -1.34. The molecule has 242 valence electrons. The summed E-state index contributed by atoms with van der Waals surface area (Å²) in [4.78, 5) is 46.4. The minimum absolute atomic E-state index is 0.0928. The molecule has 2 aliphatic heterocycles. The van der Waals surface area contributed by atoms with Crippen LogP contribution in [0.25, 0.3) is 0 Å². The zero-order valence-electron chi connectivity index (χ0n) is 23.0. The van der Waals surface area contributed by atoms with E-state index < -0.39 is 23.9 Å². The number of carbonyl (C=O) groups is 4. The molecule has 2 aliphatic rings. The standard InChI is InChI=1S/C24H24Cl2N12O8/c25-37-29-3-1-19(33-37)35(31-17-9-13(21(39)40)7-14(10-17)22(41)42)27-5-6-28-36(20-2-4-30-38(26)34-20)32-18-11-15(23(43)44)8-16(12-18)24(45)46/h1-4,7-12,27-28,31-34H,5-6H2,(H,39,40)(H,41,42)(H,43,44)(H,45,46). The highest BCUT2D eigenvalue weighted by atomic mass is 35.5. The van der Waals surface area contributed by atoms with Crippen LogP contribution in [0.3, 0.4) is 0 Å². The molecule has 2 aromatic rings. The molecule has 0 saturated carbocycles. The maximum Gasteiger partial charge on any atom is 0.335 e. The van der Waals surface area contributed by atoms with Gasteiger partial charge in [-0.1, -0.05) is 0 Å². The molecule has 46 heavy (non-hydrogen) atoms. The molecule has 22 heteroatoms. The zero-order valence-corrected chi connectivity index (χ0v) is 24.6. The topological polar surface area (TPSA) is 259 Å². The summed E-state index contributed by atoms with van der Waals surface area (Å²) in [5.74, 6) is -4.84. The third kappa shape index (κ3) is 8.79. The van der Waals surface area contributed by atoms with E-state index in [9.17, 15) is 39.6 Å². The van der Waals surface area contributed by atoms with Crippen molar-refractivity contribution in [1.29, 1.82) is 0 Å². The second-order valence-corrected chi connectivity index (χ2v) is 9.55. The Labute approximate surface area is 268 Å². The average Bonchev–Trinajstić information content (AvgIpc) is 3.01. The molecule has 0 bridgehead atoms. The van der Waals surface area contributed by atoms with E-state index in [0.29, 0.717) is 0 Å². The number of anilines is 2. The fraction of sp³-hybridized carbons (Fsp3) is 0.0833. The van der Waals surface area contributed by atoms with E-state index in [1.807, 2.05) is 0 Å². The predicted octanol–water partition coefficient (Wildman–Crippen LogP) is 1.05. The number of hydrogen-bond acceptors (Lipinski definition) is 16. The van der Waals surface area contributed by atoms with E-state index in [0.717, 1.165) is 21.4 Å². The van der Waals surface area contributed by atoms with Gasteiger partial charge in [0.25, 0.3) is 0 Å². The number of nitrogens with zero attached hydrogens (tertiary/aromatic N) is 6. The second-order valence-electron chi connectivity index (χ2n) is 8.91. The average molecular weight is 679 g/mol. The predicted molar refractivity (Wildman–Crippen MR) is 162 cm³/mol. The van der Waals surface area contributed by atoms with Crippen molar-refractivity contribution < 1.29 is 39.6 Å². The van der Waals surface area contributed by atoms with Crippen LogP contribution in [0.4, 0.5) is 11.4 Å². The Bertz CT molecular complexity index is 1470. The molecule has 10 N–H and O–H groups in total. The van der Waals surface area contributed by atoms with Crippen molar-refractivity contribution in [1.82, 2.24) is 41.2 Å². The van der Waals surface area contributed by atoms with E-state index in [4.69, 9.17) is 23.6 Å². The monoisotopic (exact) mass is 678 g/mol. The summed E-state index contributed by atoms with van der Waals surface area (Å²) < 4.78 is 1.73. The van der Waals surface area contributed by atoms with Gasteiger partial charge in [0.2, 0.25) is 0 Å². The van der Waals surface area contributed by atoms with E-state index in [-0.39, 0.29) is 58.4 Å². The Morgan fingerprint density at radius 1 is 0.630 bits per heavy atom. The Kier molecular flexibility index (Phi) is 10.5. The number of hydrogen-bond donors (Lipinski definition) is 10. The van der Waals surface area contributed by atoms with Crippen LogP contribution in [0.15, 0.2) is 70.4 Å². The molecule has 0 unspecified atom stereocenters. The van der Waals surface area contributed by atoms with E-state index in [2.05, 4.69) is 42.8 Å². The molecular weight excluding hydrogens is 655 g/mol. The number of rotatable bonds is 15. The van der Waals surface area contributed by atoms with Crippen LogP contribution in [0, 0.1) is 0 Å². The van der Waals surface area contributed by atoms with Gasteiger partial charge in [-0.3, -0.25) is 10.9 Å². The van der Waals surface area contributed by atoms with Crippen molar-refractivity contribution in [2.24, 2.45) is 10.2 Å². The molecule has 0 aromatic heterocycles. The molecule has 0 fully saturated rings. The third-order valence-electron chi connectivity index (χ3n) is 5.70. The molecule has 0 amide bonds. The van der Waals surface area contributed by atoms with Crippen LogP contribution >= 0.6 is 23.6 Å². The van der Waals surface area contributed by atoms with Crippen molar-refractivity contribution in [3.8, 4) is 0 Å². The van der Waals surface area contributed by atoms with Crippen molar-refractivity contribution >= 4 is 71.2 Å². The summed E-state index contributed by atoms with van der Waals surface area (Å²) in [5, 5.41) is 48.0. The fourth-order valence-electron chi connectivity index (χ4n) is 3.74. The lowest BCUT2D eigenvalue weighted by atomic mass is 10.1. The number of allylic oxidation sites excluding steroid dienone is 2. The van der Waals surface area contributed by atoms with Gasteiger partial charge in [-0.2, -0.15) is 0 Å². The molecule has 0 spiro atoms. The quantitative estimate of drug-likeness (QED) is 0.0716. The first-order chi connectivity index (χ1) is 21.9. The van der Waals surface area contributed by atoms with Crippen molar-refractivity contribution in [3.05, 3.63) is 82.4 Å². The number of hydrazine groups is 6. The Balaban J connectivity index is 1.53. The molecule has 0 aliphatic carbocycles. The van der Waals surface area contributed by atoms with Crippen LogP contribution < -0.4 is 32.6 Å². The van der Waals surface area contributed by atoms with Gasteiger partial charge < -0.3 is 20.4 Å². The number of hydrazone groups is 2. The molecule has 2 aromatic carbocycles. The van der Waals surface area contributed by atoms with Gasteiger partial charge >= 0.3 is 23.9 Å². The van der Waals surface area contributed by atoms with Gasteiger partial charge in [0, 0.05) is 25.2 Å². The summed E-state index contributed by atoms with van der Waals surface area (Å²) in [7, 11) is 0. The Hall–Kier alpha value is -5.96. The molecule has 0 saturated heterocycles. The van der Waals surface area contributed by atoms with Crippen LogP contribution in [0.5, 0.6) is 0 Å². The lowest BCUT2D eigenvalue weighted by molar-refractivity contribution is 0.0676. The minimum Gasteiger partial charge on any atom is -0.478 e. The van der Waals surface area contributed by atoms with Gasteiger partial charge in [0.1, 0.15) is 0 Å². The maximum absolute atomic E-state index is 11.6. The van der Waals surface area contributed by atoms with E-state index in [1.165, 1.54) is 59.1 Å². The number of nitrogens with one attached hydrogen (secondary N) is 6. The first-order valence-corrected chi connectivity index (χ1v) is 13.3. The van der Waals surface area contributed by atoms with E-state index >= 15 is 0 Å². The van der Waals surface area contributed by atoms with Crippen LogP contribution in [0.1, 0.15) is 41.4 Å². The van der Waals surface area contributed by atoms with Gasteiger partial charge in [-0.05, 0) is 36.4 Å². The molecular formula is C24H24Cl2N12O8. The summed E-state index contributed by atoms with van der Waals surface area (Å²) in [6.07, 6.45) is 5.71. The van der Waals surface area contributed by atoms with Gasteiger partial charge in [-0.25, -0.2) is 51.1 Å². The number of carboxylic acids is 4. The zero-order chi connectivity index (χ0) is 33.4. The summed E-state index contributed by atoms with van der Waals surface area (Å²) in [5.41, 5.74) is 16.3. The normalized spacial score (nSPS) is 13.5.